The highest BCUT2D eigenvalue weighted by Crippen LogP contribution is 2.29. The molecule has 1 fully saturated rings. The molecule has 1 aromatic carbocycles. The van der Waals surface area contributed by atoms with Crippen molar-refractivity contribution in [2.45, 2.75) is 6.54 Å². The Balaban J connectivity index is 2.06. The minimum absolute atomic E-state index is 0.506. The van der Waals surface area contributed by atoms with E-state index in [9.17, 15) is 0 Å². The lowest BCUT2D eigenvalue weighted by Crippen LogP contribution is -2.44. The van der Waals surface area contributed by atoms with Crippen molar-refractivity contribution >= 4 is 21.9 Å². The van der Waals surface area contributed by atoms with Crippen LogP contribution >= 0.6 is 15.9 Å². The first-order chi connectivity index (χ1) is 9.22. The Hall–Kier alpha value is -1.27. The highest BCUT2D eigenvalue weighted by atomic mass is 79.9. The van der Waals surface area contributed by atoms with E-state index in [1.165, 1.54) is 0 Å². The van der Waals surface area contributed by atoms with E-state index in [1.807, 2.05) is 23.1 Å². The Morgan fingerprint density at radius 1 is 1.47 bits per heavy atom. The molecule has 0 aromatic heterocycles. The first kappa shape index (κ1) is 14.1. The number of nitrogens with two attached hydrogens (primary N) is 1. The van der Waals surface area contributed by atoms with Gasteiger partial charge in [-0.3, -0.25) is 0 Å². The number of para-hydroxylation sites is 1. The lowest BCUT2D eigenvalue weighted by atomic mass is 10.2. The number of aliphatic imine (C=N–C) groups is 1. The van der Waals surface area contributed by atoms with E-state index >= 15 is 0 Å². The number of nitrogens with zero attached hydrogens (tertiary/aromatic N) is 2. The molecule has 2 rings (SSSR count). The lowest BCUT2D eigenvalue weighted by Gasteiger charge is -2.27. The Labute approximate surface area is 121 Å². The van der Waals surface area contributed by atoms with Crippen molar-refractivity contribution in [2.24, 2.45) is 10.7 Å². The molecule has 0 atom stereocenters. The minimum atomic E-state index is 0.506. The van der Waals surface area contributed by atoms with Crippen molar-refractivity contribution in [2.75, 3.05) is 33.4 Å². The fourth-order valence-electron chi connectivity index (χ4n) is 1.97. The molecular formula is C13H18BrN3O2. The predicted octanol–water partition coefficient (Wildman–Crippen LogP) is 1.60. The largest absolute Gasteiger partial charge is 0.495 e. The predicted molar refractivity (Wildman–Crippen MR) is 78.4 cm³/mol. The number of rotatable bonds is 3. The van der Waals surface area contributed by atoms with Crippen LogP contribution in [0.25, 0.3) is 0 Å². The van der Waals surface area contributed by atoms with Crippen LogP contribution in [-0.2, 0) is 11.3 Å². The van der Waals surface area contributed by atoms with Gasteiger partial charge in [0.15, 0.2) is 5.96 Å². The molecule has 0 amide bonds. The first-order valence-corrected chi connectivity index (χ1v) is 6.95. The number of ether oxygens (including phenoxy) is 2. The second-order valence-corrected chi connectivity index (χ2v) is 5.06. The minimum Gasteiger partial charge on any atom is -0.495 e. The lowest BCUT2D eigenvalue weighted by molar-refractivity contribution is 0.0674. The van der Waals surface area contributed by atoms with Crippen molar-refractivity contribution in [1.82, 2.24) is 4.90 Å². The molecule has 2 N–H and O–H groups in total. The van der Waals surface area contributed by atoms with Crippen LogP contribution in [0.15, 0.2) is 27.7 Å². The van der Waals surface area contributed by atoms with Gasteiger partial charge in [0.1, 0.15) is 5.75 Å². The molecule has 1 heterocycles. The van der Waals surface area contributed by atoms with Gasteiger partial charge in [-0.15, -0.1) is 0 Å². The smallest absolute Gasteiger partial charge is 0.191 e. The molecule has 19 heavy (non-hydrogen) atoms. The van der Waals surface area contributed by atoms with Crippen LogP contribution < -0.4 is 10.5 Å². The summed E-state index contributed by atoms with van der Waals surface area (Å²) >= 11 is 3.46. The van der Waals surface area contributed by atoms with Crippen LogP contribution in [0.2, 0.25) is 0 Å². The average molecular weight is 328 g/mol. The normalized spacial score (nSPS) is 16.5. The SMILES string of the molecule is COc1c(Br)cccc1CN=C(N)N1CCOCC1. The van der Waals surface area contributed by atoms with Crippen molar-refractivity contribution in [3.63, 3.8) is 0 Å². The summed E-state index contributed by atoms with van der Waals surface area (Å²) < 4.78 is 11.6. The van der Waals surface area contributed by atoms with Gasteiger partial charge in [0.2, 0.25) is 0 Å². The molecule has 0 radical (unpaired) electrons. The standard InChI is InChI=1S/C13H18BrN3O2/c1-18-12-10(3-2-4-11(12)14)9-16-13(15)17-5-7-19-8-6-17/h2-4H,5-9H2,1H3,(H2,15,16). The number of halogens is 1. The number of hydrogen-bond donors (Lipinski definition) is 1. The number of benzene rings is 1. The zero-order valence-electron chi connectivity index (χ0n) is 10.9. The van der Waals surface area contributed by atoms with Crippen LogP contribution in [0.4, 0.5) is 0 Å². The van der Waals surface area contributed by atoms with Crippen molar-refractivity contribution in [3.8, 4) is 5.75 Å². The van der Waals surface area contributed by atoms with Gasteiger partial charge in [0.25, 0.3) is 0 Å². The van der Waals surface area contributed by atoms with E-state index < -0.39 is 0 Å². The summed E-state index contributed by atoms with van der Waals surface area (Å²) in [5.74, 6) is 1.37. The molecule has 1 aliphatic heterocycles. The van der Waals surface area contributed by atoms with E-state index in [2.05, 4.69) is 20.9 Å². The van der Waals surface area contributed by atoms with Gasteiger partial charge >= 0.3 is 0 Å². The highest BCUT2D eigenvalue weighted by molar-refractivity contribution is 9.10. The molecule has 0 bridgehead atoms. The Bertz CT molecular complexity index is 459. The number of methoxy groups -OCH3 is 1. The fraction of sp³-hybridized carbons (Fsp3) is 0.462. The average Bonchev–Trinajstić information content (AvgIpc) is 2.45. The van der Waals surface area contributed by atoms with Gasteiger partial charge in [0.05, 0.1) is 31.3 Å². The van der Waals surface area contributed by atoms with Crippen LogP contribution in [-0.4, -0.2) is 44.3 Å². The maximum atomic E-state index is 5.99. The van der Waals surface area contributed by atoms with Gasteiger partial charge in [0, 0.05) is 18.7 Å². The Kier molecular flexibility index (Phi) is 5.04. The monoisotopic (exact) mass is 327 g/mol. The van der Waals surface area contributed by atoms with E-state index in [4.69, 9.17) is 15.2 Å². The molecule has 6 heteroatoms. The second-order valence-electron chi connectivity index (χ2n) is 4.21. The first-order valence-electron chi connectivity index (χ1n) is 6.16. The molecule has 1 aliphatic rings. The fourth-order valence-corrected chi connectivity index (χ4v) is 2.53. The van der Waals surface area contributed by atoms with Gasteiger partial charge in [-0.2, -0.15) is 0 Å². The third kappa shape index (κ3) is 3.61. The Morgan fingerprint density at radius 3 is 2.89 bits per heavy atom. The van der Waals surface area contributed by atoms with Crippen LogP contribution in [0, 0.1) is 0 Å². The zero-order valence-corrected chi connectivity index (χ0v) is 12.5. The summed E-state index contributed by atoms with van der Waals surface area (Å²) in [6, 6.07) is 5.89. The second kappa shape index (κ2) is 6.77. The zero-order chi connectivity index (χ0) is 13.7. The highest BCUT2D eigenvalue weighted by Gasteiger charge is 2.12. The van der Waals surface area contributed by atoms with Gasteiger partial charge < -0.3 is 20.1 Å². The summed E-state index contributed by atoms with van der Waals surface area (Å²) in [4.78, 5) is 6.47. The number of guanidine groups is 1. The number of morpholine rings is 1. The molecular weight excluding hydrogens is 310 g/mol. The maximum Gasteiger partial charge on any atom is 0.191 e. The van der Waals surface area contributed by atoms with Gasteiger partial charge in [-0.05, 0) is 22.0 Å². The molecule has 1 aromatic rings. The summed E-state index contributed by atoms with van der Waals surface area (Å²) in [6.45, 7) is 3.51. The van der Waals surface area contributed by atoms with Crippen LogP contribution in [0.3, 0.4) is 0 Å². The summed E-state index contributed by atoms with van der Waals surface area (Å²) in [5, 5.41) is 0. The summed E-state index contributed by atoms with van der Waals surface area (Å²) in [6.07, 6.45) is 0. The molecule has 5 nitrogen and oxygen atoms in total. The molecule has 1 saturated heterocycles. The maximum absolute atomic E-state index is 5.99. The third-order valence-corrected chi connectivity index (χ3v) is 3.62. The quantitative estimate of drug-likeness (QED) is 0.676. The van der Waals surface area contributed by atoms with Crippen LogP contribution in [0.5, 0.6) is 5.75 Å². The van der Waals surface area contributed by atoms with E-state index in [-0.39, 0.29) is 0 Å². The van der Waals surface area contributed by atoms with E-state index in [0.29, 0.717) is 25.7 Å². The van der Waals surface area contributed by atoms with Crippen molar-refractivity contribution in [3.05, 3.63) is 28.2 Å². The Morgan fingerprint density at radius 2 is 2.21 bits per heavy atom. The van der Waals surface area contributed by atoms with Crippen LogP contribution in [0.1, 0.15) is 5.56 Å². The van der Waals surface area contributed by atoms with E-state index in [1.54, 1.807) is 7.11 Å². The topological polar surface area (TPSA) is 60.1 Å². The number of hydrogen-bond acceptors (Lipinski definition) is 3. The summed E-state index contributed by atoms with van der Waals surface area (Å²) in [7, 11) is 1.65. The molecule has 0 saturated carbocycles. The molecule has 0 unspecified atom stereocenters. The van der Waals surface area contributed by atoms with E-state index in [0.717, 1.165) is 28.9 Å². The van der Waals surface area contributed by atoms with Gasteiger partial charge in [-0.25, -0.2) is 4.99 Å². The summed E-state index contributed by atoms with van der Waals surface area (Å²) in [5.41, 5.74) is 7.00. The molecule has 0 aliphatic carbocycles. The molecule has 0 spiro atoms. The van der Waals surface area contributed by atoms with Crippen molar-refractivity contribution in [1.29, 1.82) is 0 Å². The van der Waals surface area contributed by atoms with Gasteiger partial charge in [-0.1, -0.05) is 12.1 Å². The third-order valence-electron chi connectivity index (χ3n) is 3.00. The molecule has 104 valence electrons. The van der Waals surface area contributed by atoms with Crippen molar-refractivity contribution < 1.29 is 9.47 Å².